The first-order chi connectivity index (χ1) is 15.2. The molecule has 31 heavy (non-hydrogen) atoms. The number of anilines is 3. The summed E-state index contributed by atoms with van der Waals surface area (Å²) in [4.78, 5) is 13.3. The summed E-state index contributed by atoms with van der Waals surface area (Å²) in [6, 6.07) is 7.73. The van der Waals surface area contributed by atoms with E-state index in [0.717, 1.165) is 11.0 Å². The molecule has 0 atom stereocenters. The van der Waals surface area contributed by atoms with Crippen molar-refractivity contribution in [2.45, 2.75) is 13.5 Å². The third-order valence-electron chi connectivity index (χ3n) is 4.28. The summed E-state index contributed by atoms with van der Waals surface area (Å²) in [5, 5.41) is 45.1. The first kappa shape index (κ1) is 22.3. The number of azo groups is 1. The maximum atomic E-state index is 9.23. The molecule has 0 radical (unpaired) electrons. The van der Waals surface area contributed by atoms with Gasteiger partial charge in [-0.25, -0.2) is 4.98 Å². The molecule has 0 aliphatic heterocycles. The Morgan fingerprint density at radius 2 is 1.45 bits per heavy atom. The largest absolute Gasteiger partial charge is 0.395 e. The van der Waals surface area contributed by atoms with Crippen molar-refractivity contribution < 1.29 is 15.3 Å². The van der Waals surface area contributed by atoms with Gasteiger partial charge in [0.05, 0.1) is 30.9 Å². The predicted octanol–water partition coefficient (Wildman–Crippen LogP) is 1.47. The van der Waals surface area contributed by atoms with E-state index in [1.807, 2.05) is 35.8 Å². The monoisotopic (exact) mass is 429 g/mol. The van der Waals surface area contributed by atoms with Crippen molar-refractivity contribution in [3.63, 3.8) is 0 Å². The van der Waals surface area contributed by atoms with Gasteiger partial charge in [-0.3, -0.25) is 0 Å². The molecule has 12 heteroatoms. The molecule has 3 rings (SSSR count). The van der Waals surface area contributed by atoms with Crippen molar-refractivity contribution in [2.24, 2.45) is 10.2 Å². The second-order valence-corrected chi connectivity index (χ2v) is 6.39. The van der Waals surface area contributed by atoms with Gasteiger partial charge in [0.25, 0.3) is 0 Å². The third-order valence-corrected chi connectivity index (χ3v) is 4.28. The van der Waals surface area contributed by atoms with Crippen LogP contribution in [-0.2, 0) is 6.54 Å². The van der Waals surface area contributed by atoms with Crippen molar-refractivity contribution >= 4 is 40.3 Å². The molecule has 6 N–H and O–H groups in total. The number of nitrogens with zero attached hydrogens (tertiary/aromatic N) is 6. The van der Waals surface area contributed by atoms with E-state index >= 15 is 0 Å². The zero-order valence-electron chi connectivity index (χ0n) is 17.3. The van der Waals surface area contributed by atoms with Gasteiger partial charge in [-0.2, -0.15) is 9.97 Å². The van der Waals surface area contributed by atoms with Gasteiger partial charge >= 0.3 is 0 Å². The summed E-state index contributed by atoms with van der Waals surface area (Å²) in [5.41, 5.74) is 2.08. The van der Waals surface area contributed by atoms with E-state index in [1.54, 1.807) is 0 Å². The van der Waals surface area contributed by atoms with Crippen LogP contribution in [0.5, 0.6) is 0 Å². The van der Waals surface area contributed by atoms with Crippen molar-refractivity contribution in [1.29, 1.82) is 0 Å². The van der Waals surface area contributed by atoms with Crippen LogP contribution in [0.3, 0.4) is 0 Å². The van der Waals surface area contributed by atoms with Crippen LogP contribution < -0.4 is 16.0 Å². The predicted molar refractivity (Wildman–Crippen MR) is 118 cm³/mol. The van der Waals surface area contributed by atoms with E-state index in [0.29, 0.717) is 29.8 Å². The van der Waals surface area contributed by atoms with Crippen LogP contribution in [0, 0.1) is 0 Å². The molecular weight excluding hydrogens is 402 g/mol. The van der Waals surface area contributed by atoms with E-state index < -0.39 is 0 Å². The van der Waals surface area contributed by atoms with Crippen LogP contribution in [0.1, 0.15) is 6.92 Å². The number of aromatic nitrogens is 4. The highest BCUT2D eigenvalue weighted by atomic mass is 16.3. The molecule has 0 fully saturated rings. The minimum absolute atomic E-state index is 0.0864. The molecule has 0 aliphatic rings. The Morgan fingerprint density at radius 3 is 2.06 bits per heavy atom. The molecule has 0 spiro atoms. The lowest BCUT2D eigenvalue weighted by atomic mass is 10.3. The summed E-state index contributed by atoms with van der Waals surface area (Å²) in [6.45, 7) is 3.12. The van der Waals surface area contributed by atoms with Gasteiger partial charge < -0.3 is 35.8 Å². The third kappa shape index (κ3) is 5.42. The van der Waals surface area contributed by atoms with E-state index in [-0.39, 0.29) is 45.4 Å². The fourth-order valence-electron chi connectivity index (χ4n) is 2.94. The number of fused-ring (bicyclic) bond motifs is 1. The fourth-order valence-corrected chi connectivity index (χ4v) is 2.94. The van der Waals surface area contributed by atoms with Crippen LogP contribution in [0.25, 0.3) is 11.0 Å². The molecule has 12 nitrogen and oxygen atoms in total. The molecule has 0 unspecified atom stereocenters. The van der Waals surface area contributed by atoms with Crippen LogP contribution in [0.15, 0.2) is 34.5 Å². The molecule has 1 aromatic carbocycles. The summed E-state index contributed by atoms with van der Waals surface area (Å²) in [6.07, 6.45) is 0. The second-order valence-electron chi connectivity index (χ2n) is 6.39. The number of aliphatic hydroxyl groups excluding tert-OH is 3. The lowest BCUT2D eigenvalue weighted by Crippen LogP contribution is -2.15. The summed E-state index contributed by atoms with van der Waals surface area (Å²) in [7, 11) is 0. The number of nitrogens with one attached hydrogen (secondary N) is 3. The van der Waals surface area contributed by atoms with Gasteiger partial charge in [-0.1, -0.05) is 12.1 Å². The zero-order valence-corrected chi connectivity index (χ0v) is 17.3. The highest BCUT2D eigenvalue weighted by molar-refractivity contribution is 5.78. The Labute approximate surface area is 179 Å². The summed E-state index contributed by atoms with van der Waals surface area (Å²) < 4.78 is 1.94. The number of hydrogen-bond acceptors (Lipinski definition) is 11. The van der Waals surface area contributed by atoms with Gasteiger partial charge in [-0.05, 0) is 19.1 Å². The molecule has 166 valence electrons. The topological polar surface area (TPSA) is 165 Å². The van der Waals surface area contributed by atoms with Crippen molar-refractivity contribution in [1.82, 2.24) is 19.5 Å². The normalized spacial score (nSPS) is 11.4. The standard InChI is InChI=1S/C19H27N9O3/c1-2-28-14-6-4-3-5-13(14)23-19(28)27-26-15-16(20-7-10-29)24-18(22-9-12-31)25-17(15)21-8-11-30/h3-6,29-31H,2,7-12H2,1H3,(H3,20,21,22,24,25). The number of aliphatic hydroxyl groups is 3. The fraction of sp³-hybridized carbons (Fsp3) is 0.421. The van der Waals surface area contributed by atoms with Gasteiger partial charge in [0, 0.05) is 26.2 Å². The van der Waals surface area contributed by atoms with Crippen molar-refractivity contribution in [3.05, 3.63) is 24.3 Å². The Hall–Kier alpha value is -3.35. The minimum atomic E-state index is -0.106. The van der Waals surface area contributed by atoms with Gasteiger partial charge in [-0.15, -0.1) is 10.2 Å². The summed E-state index contributed by atoms with van der Waals surface area (Å²) >= 11 is 0. The maximum Gasteiger partial charge on any atom is 0.250 e. The molecular formula is C19H27N9O3. The molecule has 2 aromatic heterocycles. The van der Waals surface area contributed by atoms with E-state index in [2.05, 4.69) is 41.1 Å². The maximum absolute atomic E-state index is 9.23. The molecule has 3 aromatic rings. The Balaban J connectivity index is 2.04. The number of benzene rings is 1. The molecule has 0 bridgehead atoms. The van der Waals surface area contributed by atoms with Crippen LogP contribution >= 0.6 is 0 Å². The average Bonchev–Trinajstić information content (AvgIpc) is 3.16. The SMILES string of the molecule is CCn1c(N=Nc2c(NCCO)nc(NCCO)nc2NCCO)nc2ccccc21. The van der Waals surface area contributed by atoms with Crippen molar-refractivity contribution in [3.8, 4) is 0 Å². The molecule has 2 heterocycles. The lowest BCUT2D eigenvalue weighted by molar-refractivity contribution is 0.311. The number of imidazole rings is 1. The second kappa shape index (κ2) is 11.2. The summed E-state index contributed by atoms with van der Waals surface area (Å²) in [5.74, 6) is 1.38. The molecule has 0 saturated carbocycles. The van der Waals surface area contributed by atoms with Crippen LogP contribution in [0.2, 0.25) is 0 Å². The number of rotatable bonds is 12. The molecule has 0 saturated heterocycles. The van der Waals surface area contributed by atoms with Gasteiger partial charge in [0.2, 0.25) is 11.9 Å². The van der Waals surface area contributed by atoms with Crippen LogP contribution in [-0.4, -0.2) is 74.3 Å². The van der Waals surface area contributed by atoms with E-state index in [1.165, 1.54) is 0 Å². The smallest absolute Gasteiger partial charge is 0.250 e. The van der Waals surface area contributed by atoms with E-state index in [4.69, 9.17) is 5.11 Å². The van der Waals surface area contributed by atoms with E-state index in [9.17, 15) is 10.2 Å². The van der Waals surface area contributed by atoms with Crippen molar-refractivity contribution in [2.75, 3.05) is 55.4 Å². The Kier molecular flexibility index (Phi) is 8.04. The quantitative estimate of drug-likeness (QED) is 0.234. The first-order valence-electron chi connectivity index (χ1n) is 10.0. The molecule has 0 aliphatic carbocycles. The number of aryl methyl sites for hydroxylation is 1. The zero-order chi connectivity index (χ0) is 22.1. The highest BCUT2D eigenvalue weighted by Gasteiger charge is 2.16. The average molecular weight is 429 g/mol. The number of para-hydroxylation sites is 2. The molecule has 0 amide bonds. The first-order valence-corrected chi connectivity index (χ1v) is 10.0. The highest BCUT2D eigenvalue weighted by Crippen LogP contribution is 2.34. The van der Waals surface area contributed by atoms with Gasteiger partial charge in [0.1, 0.15) is 0 Å². The Morgan fingerprint density at radius 1 is 0.839 bits per heavy atom. The minimum Gasteiger partial charge on any atom is -0.395 e. The van der Waals surface area contributed by atoms with Gasteiger partial charge in [0.15, 0.2) is 17.3 Å². The lowest BCUT2D eigenvalue weighted by Gasteiger charge is -2.14. The number of hydrogen-bond donors (Lipinski definition) is 6. The van der Waals surface area contributed by atoms with Crippen LogP contribution in [0.4, 0.5) is 29.2 Å². The Bertz CT molecular complexity index is 993.